The van der Waals surface area contributed by atoms with Crippen molar-refractivity contribution in [2.75, 3.05) is 6.61 Å². The summed E-state index contributed by atoms with van der Waals surface area (Å²) >= 11 is 10.6. The Kier molecular flexibility index (Phi) is 3.00. The molecule has 0 aliphatic carbocycles. The van der Waals surface area contributed by atoms with Gasteiger partial charge in [0, 0.05) is 0 Å². The lowest BCUT2D eigenvalue weighted by Crippen LogP contribution is -2.18. The minimum absolute atomic E-state index is 0.316. The van der Waals surface area contributed by atoms with E-state index in [1.807, 2.05) is 0 Å². The molecule has 0 spiro atoms. The van der Waals surface area contributed by atoms with Crippen LogP contribution in [0, 0.1) is 10.1 Å². The van der Waals surface area contributed by atoms with Crippen LogP contribution in [0.1, 0.15) is 6.92 Å². The minimum atomic E-state index is -1.19. The fourth-order valence-electron chi connectivity index (χ4n) is 0.166. The molecular formula is C3H5Cl2NO3. The first kappa shape index (κ1) is 8.78. The first-order chi connectivity index (χ1) is 3.92. The number of hydrogen-bond acceptors (Lipinski definition) is 3. The monoisotopic (exact) mass is 173 g/mol. The lowest BCUT2D eigenvalue weighted by molar-refractivity contribution is -0.758. The summed E-state index contributed by atoms with van der Waals surface area (Å²) < 4.78 is -1.19. The van der Waals surface area contributed by atoms with Crippen molar-refractivity contribution in [1.29, 1.82) is 0 Å². The van der Waals surface area contributed by atoms with Crippen molar-refractivity contribution in [1.82, 2.24) is 0 Å². The molecule has 0 rings (SSSR count). The smallest absolute Gasteiger partial charge is 0.294 e. The minimum Gasteiger partial charge on any atom is -0.311 e. The standard InChI is InChI=1S/C3H5Cl2NO3/c1-3(4,5)2-9-6(7)8/h2H2,1H3. The SMILES string of the molecule is CC(Cl)(Cl)CO[N+](=O)[O-]. The highest BCUT2D eigenvalue weighted by molar-refractivity contribution is 6.48. The van der Waals surface area contributed by atoms with E-state index in [-0.39, 0.29) is 6.61 Å². The maximum absolute atomic E-state index is 9.51. The van der Waals surface area contributed by atoms with Crippen LogP contribution in [0.25, 0.3) is 0 Å². The molecule has 0 saturated heterocycles. The summed E-state index contributed by atoms with van der Waals surface area (Å²) in [4.78, 5) is 13.4. The molecule has 0 saturated carbocycles. The van der Waals surface area contributed by atoms with Gasteiger partial charge in [-0.15, -0.1) is 10.1 Å². The molecular weight excluding hydrogens is 169 g/mol. The molecule has 0 fully saturated rings. The predicted octanol–water partition coefficient (Wildman–Crippen LogP) is 1.39. The number of rotatable bonds is 3. The second kappa shape index (κ2) is 3.08. The van der Waals surface area contributed by atoms with E-state index in [1.165, 1.54) is 6.92 Å². The van der Waals surface area contributed by atoms with Crippen molar-refractivity contribution in [3.63, 3.8) is 0 Å². The van der Waals surface area contributed by atoms with Crippen LogP contribution in [0.2, 0.25) is 0 Å². The highest BCUT2D eigenvalue weighted by atomic mass is 35.5. The lowest BCUT2D eigenvalue weighted by Gasteiger charge is -2.09. The van der Waals surface area contributed by atoms with Gasteiger partial charge in [0.05, 0.1) is 0 Å². The third-order valence-corrected chi connectivity index (χ3v) is 0.642. The second-order valence-electron chi connectivity index (χ2n) is 1.57. The first-order valence-corrected chi connectivity index (χ1v) is 2.82. The summed E-state index contributed by atoms with van der Waals surface area (Å²) in [5, 5.41) is 8.57. The average molecular weight is 174 g/mol. The predicted molar refractivity (Wildman–Crippen MR) is 33.1 cm³/mol. The van der Waals surface area contributed by atoms with E-state index < -0.39 is 9.42 Å². The lowest BCUT2D eigenvalue weighted by atomic mass is 10.5. The van der Waals surface area contributed by atoms with Crippen LogP contribution < -0.4 is 0 Å². The highest BCUT2D eigenvalue weighted by Gasteiger charge is 2.17. The Labute approximate surface area is 61.8 Å². The van der Waals surface area contributed by atoms with Gasteiger partial charge in [0.2, 0.25) is 0 Å². The number of halogens is 2. The second-order valence-corrected chi connectivity index (χ2v) is 3.43. The molecule has 4 nitrogen and oxygen atoms in total. The quantitative estimate of drug-likeness (QED) is 0.369. The summed E-state index contributed by atoms with van der Waals surface area (Å²) in [6.07, 6.45) is 0. The molecule has 9 heavy (non-hydrogen) atoms. The molecule has 0 amide bonds. The Morgan fingerprint density at radius 3 is 2.33 bits per heavy atom. The van der Waals surface area contributed by atoms with E-state index in [0.29, 0.717) is 0 Å². The van der Waals surface area contributed by atoms with Crippen molar-refractivity contribution in [3.8, 4) is 0 Å². The van der Waals surface area contributed by atoms with E-state index in [4.69, 9.17) is 23.2 Å². The molecule has 0 aromatic rings. The summed E-state index contributed by atoms with van der Waals surface area (Å²) in [6.45, 7) is 1.09. The Bertz CT molecular complexity index is 110. The molecule has 0 radical (unpaired) electrons. The summed E-state index contributed by atoms with van der Waals surface area (Å²) in [5.74, 6) is 0. The zero-order valence-electron chi connectivity index (χ0n) is 4.63. The van der Waals surface area contributed by atoms with Gasteiger partial charge in [-0.1, -0.05) is 23.2 Å². The molecule has 0 atom stereocenters. The summed E-state index contributed by atoms with van der Waals surface area (Å²) in [5.41, 5.74) is 0. The van der Waals surface area contributed by atoms with Crippen molar-refractivity contribution in [2.45, 2.75) is 11.3 Å². The maximum Gasteiger partial charge on any atom is 0.294 e. The molecule has 0 aromatic heterocycles. The van der Waals surface area contributed by atoms with E-state index >= 15 is 0 Å². The molecule has 0 unspecified atom stereocenters. The largest absolute Gasteiger partial charge is 0.311 e. The number of hydrogen-bond donors (Lipinski definition) is 0. The van der Waals surface area contributed by atoms with Crippen LogP contribution in [0.3, 0.4) is 0 Å². The van der Waals surface area contributed by atoms with E-state index in [2.05, 4.69) is 4.84 Å². The van der Waals surface area contributed by atoms with Gasteiger partial charge in [-0.3, -0.25) is 0 Å². The van der Waals surface area contributed by atoms with Crippen molar-refractivity contribution >= 4 is 23.2 Å². The van der Waals surface area contributed by atoms with Gasteiger partial charge >= 0.3 is 0 Å². The zero-order chi connectivity index (χ0) is 7.49. The van der Waals surface area contributed by atoms with Crippen LogP contribution in [0.4, 0.5) is 0 Å². The van der Waals surface area contributed by atoms with Crippen LogP contribution in [0.5, 0.6) is 0 Å². The van der Waals surface area contributed by atoms with E-state index in [0.717, 1.165) is 0 Å². The third-order valence-electron chi connectivity index (χ3n) is 0.423. The highest BCUT2D eigenvalue weighted by Crippen LogP contribution is 2.19. The van der Waals surface area contributed by atoms with Crippen LogP contribution in [-0.4, -0.2) is 16.0 Å². The molecule has 0 heterocycles. The Morgan fingerprint density at radius 2 is 2.22 bits per heavy atom. The van der Waals surface area contributed by atoms with Gasteiger partial charge in [-0.2, -0.15) is 0 Å². The van der Waals surface area contributed by atoms with Gasteiger partial charge in [0.15, 0.2) is 0 Å². The van der Waals surface area contributed by atoms with Gasteiger partial charge in [0.1, 0.15) is 10.9 Å². The van der Waals surface area contributed by atoms with Crippen LogP contribution in [-0.2, 0) is 4.84 Å². The van der Waals surface area contributed by atoms with Crippen molar-refractivity contribution in [3.05, 3.63) is 10.1 Å². The number of nitrogens with zero attached hydrogens (tertiary/aromatic N) is 1. The number of alkyl halides is 2. The van der Waals surface area contributed by atoms with Gasteiger partial charge in [0.25, 0.3) is 5.09 Å². The molecule has 0 aliphatic heterocycles. The normalized spacial score (nSPS) is 11.0. The Hall–Kier alpha value is -0.220. The Balaban J connectivity index is 3.39. The van der Waals surface area contributed by atoms with E-state index in [1.54, 1.807) is 0 Å². The van der Waals surface area contributed by atoms with Gasteiger partial charge in [-0.05, 0) is 6.92 Å². The van der Waals surface area contributed by atoms with Gasteiger partial charge in [-0.25, -0.2) is 0 Å². The molecule has 0 N–H and O–H groups in total. The third kappa shape index (κ3) is 7.78. The topological polar surface area (TPSA) is 52.4 Å². The van der Waals surface area contributed by atoms with Crippen LogP contribution in [0.15, 0.2) is 0 Å². The average Bonchev–Trinajstić information content (AvgIpc) is 1.59. The van der Waals surface area contributed by atoms with Crippen LogP contribution >= 0.6 is 23.2 Å². The molecule has 0 aliphatic rings. The Morgan fingerprint density at radius 1 is 1.78 bits per heavy atom. The fraction of sp³-hybridized carbons (Fsp3) is 1.00. The first-order valence-electron chi connectivity index (χ1n) is 2.07. The fourth-order valence-corrected chi connectivity index (χ4v) is 0.264. The van der Waals surface area contributed by atoms with Gasteiger partial charge < -0.3 is 4.84 Å². The summed E-state index contributed by atoms with van der Waals surface area (Å²) in [7, 11) is 0. The molecule has 54 valence electrons. The molecule has 0 bridgehead atoms. The molecule has 0 aromatic carbocycles. The van der Waals surface area contributed by atoms with E-state index in [9.17, 15) is 10.1 Å². The zero-order valence-corrected chi connectivity index (χ0v) is 6.15. The van der Waals surface area contributed by atoms with Crippen molar-refractivity contribution < 1.29 is 9.92 Å². The van der Waals surface area contributed by atoms with Crippen molar-refractivity contribution in [2.24, 2.45) is 0 Å². The molecule has 6 heteroatoms. The summed E-state index contributed by atoms with van der Waals surface area (Å²) in [6, 6.07) is 0. The maximum atomic E-state index is 9.51.